The summed E-state index contributed by atoms with van der Waals surface area (Å²) < 4.78 is 1.29. The second-order valence-electron chi connectivity index (χ2n) is 5.73. The highest BCUT2D eigenvalue weighted by atomic mass is 16.2. The summed E-state index contributed by atoms with van der Waals surface area (Å²) in [7, 11) is 0. The van der Waals surface area contributed by atoms with Crippen LogP contribution in [0.15, 0.2) is 64.5 Å². The topological polar surface area (TPSA) is 76.3 Å². The summed E-state index contributed by atoms with van der Waals surface area (Å²) in [5.74, 6) is -0.440. The lowest BCUT2D eigenvalue weighted by atomic mass is 10.1. The van der Waals surface area contributed by atoms with Gasteiger partial charge in [0.05, 0.1) is 11.1 Å². The van der Waals surface area contributed by atoms with Gasteiger partial charge in [0.2, 0.25) is 0 Å². The summed E-state index contributed by atoms with van der Waals surface area (Å²) in [6.45, 7) is 4.17. The van der Waals surface area contributed by atoms with E-state index in [2.05, 4.69) is 15.6 Å². The number of benzene rings is 2. The Hall–Kier alpha value is -3.28. The highest BCUT2D eigenvalue weighted by Crippen LogP contribution is 2.13. The van der Waals surface area contributed by atoms with Crippen molar-refractivity contribution in [3.63, 3.8) is 0 Å². The number of nitrogens with zero attached hydrogens (tertiary/aromatic N) is 3. The Labute approximate surface area is 151 Å². The third-order valence-corrected chi connectivity index (χ3v) is 4.12. The van der Waals surface area contributed by atoms with Crippen LogP contribution in [-0.2, 0) is 6.54 Å². The first-order valence-corrected chi connectivity index (χ1v) is 8.57. The predicted octanol–water partition coefficient (Wildman–Crippen LogP) is 2.96. The minimum Gasteiger partial charge on any atom is -0.267 e. The molecular formula is C20H20N4O2. The second-order valence-corrected chi connectivity index (χ2v) is 5.73. The molecule has 0 radical (unpaired) electrons. The van der Waals surface area contributed by atoms with Gasteiger partial charge in [-0.05, 0) is 25.0 Å². The Balaban J connectivity index is 1.99. The van der Waals surface area contributed by atoms with Gasteiger partial charge in [-0.25, -0.2) is 10.1 Å². The van der Waals surface area contributed by atoms with E-state index in [0.29, 0.717) is 23.7 Å². The van der Waals surface area contributed by atoms with Crippen molar-refractivity contribution in [3.05, 3.63) is 76.2 Å². The second kappa shape index (κ2) is 7.74. The zero-order valence-corrected chi connectivity index (χ0v) is 14.8. The molecule has 3 aromatic rings. The van der Waals surface area contributed by atoms with Gasteiger partial charge in [0.1, 0.15) is 0 Å². The van der Waals surface area contributed by atoms with E-state index >= 15 is 0 Å². The molecule has 0 spiro atoms. The quantitative estimate of drug-likeness (QED) is 0.569. The van der Waals surface area contributed by atoms with E-state index in [4.69, 9.17) is 0 Å². The summed E-state index contributed by atoms with van der Waals surface area (Å²) in [6, 6.07) is 16.6. The first-order chi connectivity index (χ1) is 12.7. The zero-order valence-electron chi connectivity index (χ0n) is 14.8. The van der Waals surface area contributed by atoms with Crippen molar-refractivity contribution in [2.24, 2.45) is 5.10 Å². The van der Waals surface area contributed by atoms with Crippen LogP contribution in [0.4, 0.5) is 0 Å². The van der Waals surface area contributed by atoms with Gasteiger partial charge in [0.15, 0.2) is 5.69 Å². The van der Waals surface area contributed by atoms with Crippen molar-refractivity contribution in [2.75, 3.05) is 0 Å². The minimum atomic E-state index is -0.440. The number of hydrogen-bond acceptors (Lipinski definition) is 4. The van der Waals surface area contributed by atoms with Crippen molar-refractivity contribution < 1.29 is 4.79 Å². The fraction of sp³-hybridized carbons (Fsp3) is 0.200. The van der Waals surface area contributed by atoms with Crippen molar-refractivity contribution >= 4 is 22.4 Å². The van der Waals surface area contributed by atoms with Crippen molar-refractivity contribution in [2.45, 2.75) is 26.8 Å². The average Bonchev–Trinajstić information content (AvgIpc) is 2.69. The van der Waals surface area contributed by atoms with Gasteiger partial charge in [-0.3, -0.25) is 9.59 Å². The number of hydrogen-bond donors (Lipinski definition) is 1. The molecule has 0 aliphatic rings. The molecule has 6 nitrogen and oxygen atoms in total. The fourth-order valence-corrected chi connectivity index (χ4v) is 2.77. The Kier molecular flexibility index (Phi) is 5.22. The van der Waals surface area contributed by atoms with Crippen LogP contribution in [0, 0.1) is 0 Å². The fourth-order valence-electron chi connectivity index (χ4n) is 2.77. The van der Waals surface area contributed by atoms with E-state index in [1.165, 1.54) is 4.68 Å². The lowest BCUT2D eigenvalue weighted by Crippen LogP contribution is -2.29. The molecule has 0 unspecified atom stereocenters. The highest BCUT2D eigenvalue weighted by Gasteiger charge is 2.16. The predicted molar refractivity (Wildman–Crippen MR) is 102 cm³/mol. The van der Waals surface area contributed by atoms with Crippen LogP contribution in [0.2, 0.25) is 0 Å². The smallest absolute Gasteiger partial charge is 0.267 e. The summed E-state index contributed by atoms with van der Waals surface area (Å²) in [6.07, 6.45) is 0.674. The molecular weight excluding hydrogens is 328 g/mol. The molecule has 2 aromatic carbocycles. The number of fused-ring (bicyclic) bond motifs is 1. The molecule has 6 heteroatoms. The van der Waals surface area contributed by atoms with Crippen LogP contribution in [0.1, 0.15) is 36.3 Å². The molecule has 0 saturated carbocycles. The molecule has 3 rings (SSSR count). The zero-order chi connectivity index (χ0) is 18.5. The first-order valence-electron chi connectivity index (χ1n) is 8.57. The van der Waals surface area contributed by atoms with Crippen LogP contribution in [0.3, 0.4) is 0 Å². The number of hydrazone groups is 1. The summed E-state index contributed by atoms with van der Waals surface area (Å²) in [5, 5.41) is 9.47. The minimum absolute atomic E-state index is 0.189. The van der Waals surface area contributed by atoms with E-state index in [1.807, 2.05) is 44.2 Å². The van der Waals surface area contributed by atoms with Crippen molar-refractivity contribution in [1.82, 2.24) is 15.2 Å². The molecule has 1 N–H and O–H groups in total. The molecule has 132 valence electrons. The van der Waals surface area contributed by atoms with Crippen LogP contribution < -0.4 is 11.0 Å². The van der Waals surface area contributed by atoms with Crippen LogP contribution >= 0.6 is 0 Å². The first kappa shape index (κ1) is 17.5. The molecule has 0 fully saturated rings. The van der Waals surface area contributed by atoms with E-state index in [0.717, 1.165) is 11.3 Å². The molecule has 26 heavy (non-hydrogen) atoms. The number of rotatable bonds is 5. The van der Waals surface area contributed by atoms with Gasteiger partial charge in [-0.2, -0.15) is 10.2 Å². The lowest BCUT2D eigenvalue weighted by molar-refractivity contribution is 0.0949. The average molecular weight is 348 g/mol. The monoisotopic (exact) mass is 348 g/mol. The van der Waals surface area contributed by atoms with Gasteiger partial charge in [-0.1, -0.05) is 55.5 Å². The van der Waals surface area contributed by atoms with Crippen LogP contribution in [-0.4, -0.2) is 21.4 Å². The molecule has 0 aliphatic heterocycles. The van der Waals surface area contributed by atoms with Crippen molar-refractivity contribution in [3.8, 4) is 0 Å². The SMILES string of the molecule is CC/C(=N/NC(=O)c1nn(CC)c(=O)c2ccccc12)c1ccccc1. The van der Waals surface area contributed by atoms with Gasteiger partial charge >= 0.3 is 0 Å². The lowest BCUT2D eigenvalue weighted by Gasteiger charge is -2.09. The summed E-state index contributed by atoms with van der Waals surface area (Å²) >= 11 is 0. The van der Waals surface area contributed by atoms with E-state index in [1.54, 1.807) is 24.3 Å². The Morgan fingerprint density at radius 3 is 2.35 bits per heavy atom. The van der Waals surface area contributed by atoms with E-state index in [9.17, 15) is 9.59 Å². The summed E-state index contributed by atoms with van der Waals surface area (Å²) in [4.78, 5) is 25.1. The Bertz CT molecular complexity index is 1020. The Morgan fingerprint density at radius 2 is 1.69 bits per heavy atom. The number of amides is 1. The van der Waals surface area contributed by atoms with Gasteiger partial charge in [0, 0.05) is 11.9 Å². The Morgan fingerprint density at radius 1 is 1.04 bits per heavy atom. The number of aromatic nitrogens is 2. The van der Waals surface area contributed by atoms with E-state index < -0.39 is 5.91 Å². The third-order valence-electron chi connectivity index (χ3n) is 4.12. The third kappa shape index (κ3) is 3.39. The summed E-state index contributed by atoms with van der Waals surface area (Å²) in [5.41, 5.74) is 4.29. The van der Waals surface area contributed by atoms with Gasteiger partial charge in [0.25, 0.3) is 11.5 Å². The largest absolute Gasteiger partial charge is 0.292 e. The molecule has 0 bridgehead atoms. The number of nitrogens with one attached hydrogen (secondary N) is 1. The van der Waals surface area contributed by atoms with Crippen LogP contribution in [0.5, 0.6) is 0 Å². The molecule has 1 amide bonds. The maximum Gasteiger partial charge on any atom is 0.292 e. The van der Waals surface area contributed by atoms with Crippen LogP contribution in [0.25, 0.3) is 10.8 Å². The highest BCUT2D eigenvalue weighted by molar-refractivity contribution is 6.06. The van der Waals surface area contributed by atoms with Gasteiger partial charge in [-0.15, -0.1) is 0 Å². The maximum atomic E-state index is 12.7. The number of carbonyl (C=O) groups is 1. The standard InChI is InChI=1S/C20H20N4O2/c1-3-17(14-10-6-5-7-11-14)21-22-19(25)18-15-12-8-9-13-16(15)20(26)24(4-2)23-18/h5-13H,3-4H2,1-2H3,(H,22,25)/b21-17-. The molecule has 0 saturated heterocycles. The molecule has 0 aliphatic carbocycles. The number of aryl methyl sites for hydroxylation is 1. The molecule has 1 aromatic heterocycles. The van der Waals surface area contributed by atoms with E-state index in [-0.39, 0.29) is 11.3 Å². The van der Waals surface area contributed by atoms with Crippen molar-refractivity contribution in [1.29, 1.82) is 0 Å². The number of carbonyl (C=O) groups excluding carboxylic acids is 1. The van der Waals surface area contributed by atoms with Gasteiger partial charge < -0.3 is 0 Å². The maximum absolute atomic E-state index is 12.7. The molecule has 0 atom stereocenters. The molecule has 1 heterocycles. The normalized spacial score (nSPS) is 11.5.